The molecule has 1 aromatic heterocycles. The molecule has 2 nitrogen and oxygen atoms in total. The van der Waals surface area contributed by atoms with E-state index in [4.69, 9.17) is 0 Å². The molecule has 0 radical (unpaired) electrons. The number of nitrogens with one attached hydrogen (secondary N) is 1. The lowest BCUT2D eigenvalue weighted by Gasteiger charge is -2.17. The van der Waals surface area contributed by atoms with Crippen LogP contribution in [0.3, 0.4) is 0 Å². The number of hydrogen-bond acceptors (Lipinski definition) is 3. The van der Waals surface area contributed by atoms with E-state index in [1.165, 1.54) is 15.0 Å². The Labute approximate surface area is 119 Å². The van der Waals surface area contributed by atoms with E-state index in [2.05, 4.69) is 56.4 Å². The Morgan fingerprint density at radius 1 is 1.21 bits per heavy atom. The summed E-state index contributed by atoms with van der Waals surface area (Å²) in [5, 5.41) is 14.6. The normalized spacial score (nSPS) is 15.0. The smallest absolute Gasteiger partial charge is 0.0667 e. The third-order valence-electron chi connectivity index (χ3n) is 3.27. The number of hydrogen-bond donors (Lipinski definition) is 2. The first-order valence-electron chi connectivity index (χ1n) is 6.96. The van der Waals surface area contributed by atoms with Crippen molar-refractivity contribution in [2.24, 2.45) is 5.92 Å². The van der Waals surface area contributed by atoms with Gasteiger partial charge in [-0.05, 0) is 36.8 Å². The van der Waals surface area contributed by atoms with Crippen molar-refractivity contribution in [1.29, 1.82) is 0 Å². The van der Waals surface area contributed by atoms with Crippen molar-refractivity contribution in [1.82, 2.24) is 5.32 Å². The number of rotatable bonds is 6. The van der Waals surface area contributed by atoms with Gasteiger partial charge in [0.15, 0.2) is 0 Å². The number of benzene rings is 1. The van der Waals surface area contributed by atoms with Crippen molar-refractivity contribution in [3.63, 3.8) is 0 Å². The van der Waals surface area contributed by atoms with Gasteiger partial charge in [0.1, 0.15) is 0 Å². The zero-order valence-corrected chi connectivity index (χ0v) is 12.7. The van der Waals surface area contributed by atoms with Crippen LogP contribution in [0.2, 0.25) is 0 Å². The van der Waals surface area contributed by atoms with E-state index in [9.17, 15) is 5.11 Å². The van der Waals surface area contributed by atoms with Crippen LogP contribution in [0.5, 0.6) is 0 Å². The molecule has 0 amide bonds. The van der Waals surface area contributed by atoms with Crippen molar-refractivity contribution >= 4 is 21.4 Å². The molecule has 0 bridgehead atoms. The van der Waals surface area contributed by atoms with E-state index >= 15 is 0 Å². The topological polar surface area (TPSA) is 32.3 Å². The molecule has 0 aliphatic heterocycles. The molecular weight excluding hydrogens is 254 g/mol. The first-order valence-corrected chi connectivity index (χ1v) is 7.78. The van der Waals surface area contributed by atoms with E-state index < -0.39 is 0 Å². The summed E-state index contributed by atoms with van der Waals surface area (Å²) in [5.41, 5.74) is 0. The van der Waals surface area contributed by atoms with Crippen LogP contribution in [-0.2, 0) is 0 Å². The molecule has 2 aromatic rings. The molecule has 0 aliphatic carbocycles. The van der Waals surface area contributed by atoms with Gasteiger partial charge in [-0.25, -0.2) is 0 Å². The third kappa shape index (κ3) is 4.03. The van der Waals surface area contributed by atoms with Gasteiger partial charge in [0.25, 0.3) is 0 Å². The van der Waals surface area contributed by atoms with E-state index in [1.54, 1.807) is 0 Å². The van der Waals surface area contributed by atoms with Crippen molar-refractivity contribution in [2.75, 3.05) is 6.54 Å². The first-order chi connectivity index (χ1) is 9.06. The summed E-state index contributed by atoms with van der Waals surface area (Å²) in [6.07, 6.45) is 0.600. The minimum Gasteiger partial charge on any atom is -0.392 e. The lowest BCUT2D eigenvalue weighted by atomic mass is 10.1. The van der Waals surface area contributed by atoms with Gasteiger partial charge in [0.05, 0.1) is 6.10 Å². The Balaban J connectivity index is 1.94. The molecule has 0 saturated carbocycles. The summed E-state index contributed by atoms with van der Waals surface area (Å²) in [5.74, 6) is 0.538. The number of fused-ring (bicyclic) bond motifs is 1. The Kier molecular flexibility index (Phi) is 4.97. The third-order valence-corrected chi connectivity index (χ3v) is 4.57. The molecule has 0 saturated heterocycles. The second-order valence-electron chi connectivity index (χ2n) is 5.60. The molecule has 2 rings (SSSR count). The molecule has 104 valence electrons. The Morgan fingerprint density at radius 3 is 2.63 bits per heavy atom. The summed E-state index contributed by atoms with van der Waals surface area (Å²) in [6, 6.07) is 11.0. The second kappa shape index (κ2) is 6.51. The molecule has 0 aliphatic rings. The second-order valence-corrected chi connectivity index (χ2v) is 6.72. The molecule has 2 N–H and O–H groups in total. The molecule has 2 atom stereocenters. The Hall–Kier alpha value is -0.900. The maximum absolute atomic E-state index is 9.90. The van der Waals surface area contributed by atoms with Gasteiger partial charge in [-0.1, -0.05) is 32.0 Å². The SMILES string of the molecule is CC(C)CC(O)CNC(C)c1cc2ccccc2s1. The van der Waals surface area contributed by atoms with Crippen LogP contribution in [0.4, 0.5) is 0 Å². The van der Waals surface area contributed by atoms with Gasteiger partial charge in [-0.15, -0.1) is 11.3 Å². The molecule has 2 unspecified atom stereocenters. The molecule has 0 fully saturated rings. The van der Waals surface area contributed by atoms with Crippen LogP contribution < -0.4 is 5.32 Å². The zero-order chi connectivity index (χ0) is 13.8. The van der Waals surface area contributed by atoms with Gasteiger partial charge in [0.2, 0.25) is 0 Å². The summed E-state index contributed by atoms with van der Waals surface area (Å²) in [4.78, 5) is 1.33. The highest BCUT2D eigenvalue weighted by Crippen LogP contribution is 2.29. The predicted octanol–water partition coefficient (Wildman–Crippen LogP) is 3.96. The molecule has 0 spiro atoms. The molecule has 3 heteroatoms. The van der Waals surface area contributed by atoms with Crippen molar-refractivity contribution in [2.45, 2.75) is 39.3 Å². The van der Waals surface area contributed by atoms with Gasteiger partial charge in [-0.3, -0.25) is 0 Å². The highest BCUT2D eigenvalue weighted by molar-refractivity contribution is 7.19. The van der Waals surface area contributed by atoms with Crippen LogP contribution in [0, 0.1) is 5.92 Å². The van der Waals surface area contributed by atoms with Crippen molar-refractivity contribution < 1.29 is 5.11 Å². The Morgan fingerprint density at radius 2 is 1.95 bits per heavy atom. The fourth-order valence-corrected chi connectivity index (χ4v) is 3.35. The van der Waals surface area contributed by atoms with Gasteiger partial charge < -0.3 is 10.4 Å². The first kappa shape index (κ1) is 14.5. The quantitative estimate of drug-likeness (QED) is 0.837. The molecular formula is C16H23NOS. The highest BCUT2D eigenvalue weighted by Gasteiger charge is 2.12. The van der Waals surface area contributed by atoms with Gasteiger partial charge >= 0.3 is 0 Å². The standard InChI is InChI=1S/C16H23NOS/c1-11(2)8-14(18)10-17-12(3)16-9-13-6-4-5-7-15(13)19-16/h4-7,9,11-12,14,17-18H,8,10H2,1-3H3. The lowest BCUT2D eigenvalue weighted by molar-refractivity contribution is 0.143. The van der Waals surface area contributed by atoms with Gasteiger partial charge in [0, 0.05) is 22.2 Å². The summed E-state index contributed by atoms with van der Waals surface area (Å²) < 4.78 is 1.33. The van der Waals surface area contributed by atoms with Crippen LogP contribution in [0.25, 0.3) is 10.1 Å². The Bertz CT molecular complexity index is 487. The average Bonchev–Trinajstić information content (AvgIpc) is 2.78. The predicted molar refractivity (Wildman–Crippen MR) is 83.7 cm³/mol. The van der Waals surface area contributed by atoms with E-state index in [0.717, 1.165) is 6.42 Å². The summed E-state index contributed by atoms with van der Waals surface area (Å²) in [6.45, 7) is 7.09. The maximum atomic E-state index is 9.90. The van der Waals surface area contributed by atoms with Crippen LogP contribution >= 0.6 is 11.3 Å². The van der Waals surface area contributed by atoms with E-state index in [0.29, 0.717) is 18.5 Å². The number of aliphatic hydroxyl groups is 1. The summed E-state index contributed by atoms with van der Waals surface area (Å²) in [7, 11) is 0. The molecule has 1 heterocycles. The minimum atomic E-state index is -0.253. The van der Waals surface area contributed by atoms with Crippen LogP contribution in [0.1, 0.15) is 38.1 Å². The van der Waals surface area contributed by atoms with Crippen molar-refractivity contribution in [3.8, 4) is 0 Å². The monoisotopic (exact) mass is 277 g/mol. The molecule has 1 aromatic carbocycles. The lowest BCUT2D eigenvalue weighted by Crippen LogP contribution is -2.29. The summed E-state index contributed by atoms with van der Waals surface area (Å²) >= 11 is 1.83. The van der Waals surface area contributed by atoms with Crippen LogP contribution in [-0.4, -0.2) is 17.8 Å². The highest BCUT2D eigenvalue weighted by atomic mass is 32.1. The maximum Gasteiger partial charge on any atom is 0.0667 e. The van der Waals surface area contributed by atoms with E-state index in [-0.39, 0.29) is 6.10 Å². The molecule has 19 heavy (non-hydrogen) atoms. The van der Waals surface area contributed by atoms with E-state index in [1.807, 2.05) is 11.3 Å². The van der Waals surface area contributed by atoms with Crippen molar-refractivity contribution in [3.05, 3.63) is 35.2 Å². The fourth-order valence-electron chi connectivity index (χ4n) is 2.26. The minimum absolute atomic E-state index is 0.253. The number of aliphatic hydroxyl groups excluding tert-OH is 1. The number of thiophene rings is 1. The van der Waals surface area contributed by atoms with Crippen LogP contribution in [0.15, 0.2) is 30.3 Å². The fraction of sp³-hybridized carbons (Fsp3) is 0.500. The largest absolute Gasteiger partial charge is 0.392 e. The average molecular weight is 277 g/mol. The zero-order valence-electron chi connectivity index (χ0n) is 11.9. The van der Waals surface area contributed by atoms with Gasteiger partial charge in [-0.2, -0.15) is 0 Å².